The van der Waals surface area contributed by atoms with Crippen molar-refractivity contribution in [2.45, 2.75) is 46.0 Å². The fraction of sp³-hybridized carbons (Fsp3) is 0.800. The molecule has 0 bridgehead atoms. The highest BCUT2D eigenvalue weighted by molar-refractivity contribution is 4.99. The zero-order chi connectivity index (χ0) is 7.40. The van der Waals surface area contributed by atoms with Gasteiger partial charge in [-0.05, 0) is 32.1 Å². The van der Waals surface area contributed by atoms with E-state index in [1.54, 1.807) is 5.57 Å². The quantitative estimate of drug-likeness (QED) is 0.449. The predicted molar refractivity (Wildman–Crippen MR) is 46.0 cm³/mol. The van der Waals surface area contributed by atoms with Crippen molar-refractivity contribution in [2.24, 2.45) is 5.92 Å². The highest BCUT2D eigenvalue weighted by Crippen LogP contribution is 2.21. The Morgan fingerprint density at radius 1 is 1.40 bits per heavy atom. The lowest BCUT2D eigenvalue weighted by Gasteiger charge is -2.14. The molecule has 0 amide bonds. The van der Waals surface area contributed by atoms with Crippen LogP contribution in [0.1, 0.15) is 46.0 Å². The fourth-order valence-electron chi connectivity index (χ4n) is 1.72. The van der Waals surface area contributed by atoms with Gasteiger partial charge in [0, 0.05) is 0 Å². The topological polar surface area (TPSA) is 0 Å². The Morgan fingerprint density at radius 2 is 2.20 bits per heavy atom. The summed E-state index contributed by atoms with van der Waals surface area (Å²) in [5.41, 5.74) is 1.60. The summed E-state index contributed by atoms with van der Waals surface area (Å²) in [6.45, 7) is 4.63. The van der Waals surface area contributed by atoms with Crippen molar-refractivity contribution in [3.05, 3.63) is 11.6 Å². The first-order valence-corrected chi connectivity index (χ1v) is 4.44. The Morgan fingerprint density at radius 3 is 3.00 bits per heavy atom. The lowest BCUT2D eigenvalue weighted by atomic mass is 9.93. The van der Waals surface area contributed by atoms with E-state index in [2.05, 4.69) is 19.9 Å². The third-order valence-electron chi connectivity index (χ3n) is 2.31. The van der Waals surface area contributed by atoms with Gasteiger partial charge in [0.2, 0.25) is 0 Å². The van der Waals surface area contributed by atoms with Gasteiger partial charge in [-0.15, -0.1) is 0 Å². The summed E-state index contributed by atoms with van der Waals surface area (Å²) in [5, 5.41) is 0. The van der Waals surface area contributed by atoms with Gasteiger partial charge in [0.25, 0.3) is 0 Å². The van der Waals surface area contributed by atoms with Gasteiger partial charge in [0.15, 0.2) is 0 Å². The van der Waals surface area contributed by atoms with Crippen LogP contribution in [0.5, 0.6) is 0 Å². The first-order chi connectivity index (χ1) is 4.79. The molecule has 1 unspecified atom stereocenters. The molecule has 0 spiro atoms. The van der Waals surface area contributed by atoms with Crippen LogP contribution in [0.25, 0.3) is 0 Å². The van der Waals surface area contributed by atoms with Crippen LogP contribution >= 0.6 is 0 Å². The van der Waals surface area contributed by atoms with Gasteiger partial charge in [0.05, 0.1) is 0 Å². The van der Waals surface area contributed by atoms with Crippen molar-refractivity contribution in [1.82, 2.24) is 0 Å². The maximum atomic E-state index is 2.41. The molecule has 1 atom stereocenters. The lowest BCUT2D eigenvalue weighted by molar-refractivity contribution is 0.484. The summed E-state index contributed by atoms with van der Waals surface area (Å²) < 4.78 is 0. The second-order valence-corrected chi connectivity index (χ2v) is 3.64. The van der Waals surface area contributed by atoms with Crippen LogP contribution in [0.3, 0.4) is 0 Å². The summed E-state index contributed by atoms with van der Waals surface area (Å²) in [6.07, 6.45) is 9.34. The summed E-state index contributed by atoms with van der Waals surface area (Å²) in [6, 6.07) is 0. The van der Waals surface area contributed by atoms with Gasteiger partial charge in [0.1, 0.15) is 0 Å². The van der Waals surface area contributed by atoms with Crippen LogP contribution in [0.2, 0.25) is 0 Å². The van der Waals surface area contributed by atoms with Crippen LogP contribution in [0.4, 0.5) is 0 Å². The van der Waals surface area contributed by atoms with E-state index in [1.807, 2.05) is 0 Å². The Balaban J connectivity index is 2.43. The molecular weight excluding hydrogens is 120 g/mol. The second kappa shape index (κ2) is 3.80. The van der Waals surface area contributed by atoms with Gasteiger partial charge in [-0.25, -0.2) is 0 Å². The maximum absolute atomic E-state index is 2.41. The van der Waals surface area contributed by atoms with E-state index < -0.39 is 0 Å². The molecule has 0 aliphatic heterocycles. The van der Waals surface area contributed by atoms with Crippen LogP contribution in [-0.4, -0.2) is 0 Å². The van der Waals surface area contributed by atoms with Gasteiger partial charge in [-0.3, -0.25) is 0 Å². The van der Waals surface area contributed by atoms with E-state index in [0.29, 0.717) is 0 Å². The van der Waals surface area contributed by atoms with E-state index in [4.69, 9.17) is 0 Å². The zero-order valence-corrected chi connectivity index (χ0v) is 7.19. The Kier molecular flexibility index (Phi) is 2.98. The average molecular weight is 138 g/mol. The zero-order valence-electron chi connectivity index (χ0n) is 7.19. The summed E-state index contributed by atoms with van der Waals surface area (Å²) in [4.78, 5) is 0. The fourth-order valence-corrected chi connectivity index (χ4v) is 1.72. The molecule has 10 heavy (non-hydrogen) atoms. The maximum Gasteiger partial charge on any atom is -0.0297 e. The van der Waals surface area contributed by atoms with Crippen molar-refractivity contribution in [2.75, 3.05) is 0 Å². The normalized spacial score (nSPS) is 33.8. The molecule has 1 aliphatic rings. The summed E-state index contributed by atoms with van der Waals surface area (Å²) in [7, 11) is 0. The third-order valence-corrected chi connectivity index (χ3v) is 2.31. The molecule has 0 fully saturated rings. The molecule has 0 N–H and O–H groups in total. The number of rotatable bonds is 0. The molecule has 0 saturated carbocycles. The minimum absolute atomic E-state index is 0.927. The molecule has 0 aromatic heterocycles. The first kappa shape index (κ1) is 7.84. The number of hydrogen-bond acceptors (Lipinski definition) is 0. The minimum Gasteiger partial charge on any atom is -0.0856 e. The molecule has 58 valence electrons. The molecule has 1 aliphatic carbocycles. The highest BCUT2D eigenvalue weighted by atomic mass is 14.1. The van der Waals surface area contributed by atoms with E-state index in [-0.39, 0.29) is 0 Å². The minimum atomic E-state index is 0.927. The van der Waals surface area contributed by atoms with Crippen molar-refractivity contribution in [3.8, 4) is 0 Å². The van der Waals surface area contributed by atoms with E-state index >= 15 is 0 Å². The molecule has 0 radical (unpaired) electrons. The molecule has 1 rings (SSSR count). The Hall–Kier alpha value is -0.260. The van der Waals surface area contributed by atoms with Gasteiger partial charge in [-0.1, -0.05) is 31.4 Å². The number of hydrogen-bond donors (Lipinski definition) is 0. The first-order valence-electron chi connectivity index (χ1n) is 4.44. The van der Waals surface area contributed by atoms with Crippen molar-refractivity contribution in [3.63, 3.8) is 0 Å². The van der Waals surface area contributed by atoms with E-state index in [0.717, 1.165) is 5.92 Å². The van der Waals surface area contributed by atoms with Crippen molar-refractivity contribution < 1.29 is 0 Å². The monoisotopic (exact) mass is 138 g/mol. The van der Waals surface area contributed by atoms with Gasteiger partial charge < -0.3 is 0 Å². The van der Waals surface area contributed by atoms with Crippen LogP contribution in [0.15, 0.2) is 11.6 Å². The largest absolute Gasteiger partial charge is 0.0856 e. The second-order valence-electron chi connectivity index (χ2n) is 3.64. The van der Waals surface area contributed by atoms with E-state index in [9.17, 15) is 0 Å². The Labute approximate surface area is 64.3 Å². The Bertz CT molecular complexity index is 122. The smallest absolute Gasteiger partial charge is 0.0297 e. The van der Waals surface area contributed by atoms with Crippen LogP contribution in [-0.2, 0) is 0 Å². The third kappa shape index (κ3) is 2.55. The standard InChI is InChI=1S/C10H18/c1-9-6-4-3-5-7-10(2)8-9/h6,10H,3-5,7-8H2,1-2H3/b9-6-. The summed E-state index contributed by atoms with van der Waals surface area (Å²) in [5.74, 6) is 0.927. The van der Waals surface area contributed by atoms with Crippen LogP contribution in [0, 0.1) is 5.92 Å². The van der Waals surface area contributed by atoms with E-state index in [1.165, 1.54) is 32.1 Å². The molecular formula is C10H18. The van der Waals surface area contributed by atoms with Gasteiger partial charge in [-0.2, -0.15) is 0 Å². The highest BCUT2D eigenvalue weighted by Gasteiger charge is 2.04. The van der Waals surface area contributed by atoms with Crippen LogP contribution < -0.4 is 0 Å². The SMILES string of the molecule is C/C1=C/CCCCC(C)C1. The molecule has 0 aromatic carbocycles. The predicted octanol–water partition coefficient (Wildman–Crippen LogP) is 3.53. The lowest BCUT2D eigenvalue weighted by Crippen LogP contribution is -1.98. The molecule has 0 aromatic rings. The van der Waals surface area contributed by atoms with Gasteiger partial charge >= 0.3 is 0 Å². The average Bonchev–Trinajstić information content (AvgIpc) is 1.83. The molecule has 0 nitrogen and oxygen atoms in total. The number of allylic oxidation sites excluding steroid dienone is 2. The molecule has 0 saturated heterocycles. The molecule has 0 heteroatoms. The van der Waals surface area contributed by atoms with Crippen molar-refractivity contribution >= 4 is 0 Å². The summed E-state index contributed by atoms with van der Waals surface area (Å²) >= 11 is 0. The van der Waals surface area contributed by atoms with Crippen molar-refractivity contribution in [1.29, 1.82) is 0 Å². The molecule has 0 heterocycles.